The number of anilines is 1. The summed E-state index contributed by atoms with van der Waals surface area (Å²) in [5.41, 5.74) is 3.02. The lowest BCUT2D eigenvalue weighted by molar-refractivity contribution is 0.396. The van der Waals surface area contributed by atoms with Gasteiger partial charge in [0.1, 0.15) is 17.1 Å². The summed E-state index contributed by atoms with van der Waals surface area (Å²) in [6.45, 7) is 5.77. The molecule has 6 heteroatoms. The highest BCUT2D eigenvalue weighted by molar-refractivity contribution is 7.14. The molecule has 0 aromatic carbocycles. The van der Waals surface area contributed by atoms with E-state index in [9.17, 15) is 0 Å². The van der Waals surface area contributed by atoms with Crippen molar-refractivity contribution in [1.82, 2.24) is 15.1 Å². The minimum Gasteiger partial charge on any atom is -0.361 e. The summed E-state index contributed by atoms with van der Waals surface area (Å²) >= 11 is 1.49. The number of pyridine rings is 1. The van der Waals surface area contributed by atoms with Gasteiger partial charge in [-0.25, -0.2) is 4.98 Å². The molecule has 0 radical (unpaired) electrons. The topological polar surface area (TPSA) is 63.8 Å². The Balaban J connectivity index is 1.76. The first-order valence-corrected chi connectivity index (χ1v) is 6.87. The second-order valence-electron chi connectivity index (χ2n) is 4.18. The normalized spacial score (nSPS) is 10.4. The molecule has 0 aliphatic rings. The monoisotopic (exact) mass is 284 g/mol. The number of hydrogen-bond acceptors (Lipinski definition) is 6. The zero-order chi connectivity index (χ0) is 13.9. The van der Waals surface area contributed by atoms with Crippen LogP contribution < -0.4 is 5.32 Å². The summed E-state index contributed by atoms with van der Waals surface area (Å²) in [7, 11) is 0. The van der Waals surface area contributed by atoms with Gasteiger partial charge in [-0.1, -0.05) is 17.8 Å². The lowest BCUT2D eigenvalue weighted by atomic mass is 10.3. The maximum absolute atomic E-state index is 5.02. The lowest BCUT2D eigenvalue weighted by Crippen LogP contribution is -1.97. The van der Waals surface area contributed by atoms with Gasteiger partial charge in [0.15, 0.2) is 5.13 Å². The SMILES string of the molecule is C=C(Nc1nc(-c2ccccn2)cs1)c1cc(C)on1. The van der Waals surface area contributed by atoms with Gasteiger partial charge in [-0.2, -0.15) is 0 Å². The molecule has 0 fully saturated rings. The van der Waals surface area contributed by atoms with Gasteiger partial charge in [-0.15, -0.1) is 11.3 Å². The molecule has 3 aromatic rings. The number of aryl methyl sites for hydroxylation is 1. The average molecular weight is 284 g/mol. The van der Waals surface area contributed by atoms with Crippen LogP contribution in [0.25, 0.3) is 17.1 Å². The second-order valence-corrected chi connectivity index (χ2v) is 5.04. The Morgan fingerprint density at radius 3 is 2.95 bits per heavy atom. The van der Waals surface area contributed by atoms with Crippen molar-refractivity contribution in [1.29, 1.82) is 0 Å². The number of nitrogens with zero attached hydrogens (tertiary/aromatic N) is 3. The van der Waals surface area contributed by atoms with Crippen molar-refractivity contribution in [2.75, 3.05) is 5.32 Å². The van der Waals surface area contributed by atoms with Crippen molar-refractivity contribution in [2.24, 2.45) is 0 Å². The van der Waals surface area contributed by atoms with Gasteiger partial charge < -0.3 is 9.84 Å². The first-order chi connectivity index (χ1) is 9.72. The minimum atomic E-state index is 0.656. The Labute approximate surface area is 120 Å². The van der Waals surface area contributed by atoms with Gasteiger partial charge in [-0.05, 0) is 19.1 Å². The van der Waals surface area contributed by atoms with E-state index in [2.05, 4.69) is 27.0 Å². The highest BCUT2D eigenvalue weighted by Crippen LogP contribution is 2.25. The molecule has 3 aromatic heterocycles. The average Bonchev–Trinajstić information content (AvgIpc) is 3.09. The standard InChI is InChI=1S/C14H12N4OS/c1-9-7-12(18-19-9)10(2)16-14-17-13(8-20-14)11-5-3-4-6-15-11/h3-8H,2H2,1H3,(H,16,17). The van der Waals surface area contributed by atoms with Crippen LogP contribution in [0.3, 0.4) is 0 Å². The number of aromatic nitrogens is 3. The van der Waals surface area contributed by atoms with E-state index in [-0.39, 0.29) is 0 Å². The Bertz CT molecular complexity index is 732. The lowest BCUT2D eigenvalue weighted by Gasteiger charge is -2.01. The molecule has 0 saturated carbocycles. The van der Waals surface area contributed by atoms with Crippen LogP contribution >= 0.6 is 11.3 Å². The quantitative estimate of drug-likeness (QED) is 0.793. The maximum Gasteiger partial charge on any atom is 0.187 e. The molecule has 5 nitrogen and oxygen atoms in total. The number of nitrogens with one attached hydrogen (secondary N) is 1. The molecule has 3 rings (SSSR count). The van der Waals surface area contributed by atoms with Crippen LogP contribution in [0.5, 0.6) is 0 Å². The third-order valence-electron chi connectivity index (χ3n) is 2.63. The zero-order valence-electron chi connectivity index (χ0n) is 10.8. The summed E-state index contributed by atoms with van der Waals surface area (Å²) in [6.07, 6.45) is 1.75. The van der Waals surface area contributed by atoms with E-state index < -0.39 is 0 Å². The Hall–Kier alpha value is -2.47. The van der Waals surface area contributed by atoms with Gasteiger partial charge >= 0.3 is 0 Å². The molecule has 0 bridgehead atoms. The zero-order valence-corrected chi connectivity index (χ0v) is 11.6. The smallest absolute Gasteiger partial charge is 0.187 e. The molecular formula is C14H12N4OS. The third-order valence-corrected chi connectivity index (χ3v) is 3.38. The summed E-state index contributed by atoms with van der Waals surface area (Å²) in [5, 5.41) is 9.73. The molecule has 100 valence electrons. The van der Waals surface area contributed by atoms with E-state index in [1.165, 1.54) is 11.3 Å². The molecule has 0 spiro atoms. The van der Waals surface area contributed by atoms with Gasteiger partial charge in [0.25, 0.3) is 0 Å². The second kappa shape index (κ2) is 5.26. The van der Waals surface area contributed by atoms with Crippen molar-refractivity contribution in [2.45, 2.75) is 6.92 Å². The van der Waals surface area contributed by atoms with Crippen LogP contribution in [0.4, 0.5) is 5.13 Å². The van der Waals surface area contributed by atoms with Crippen molar-refractivity contribution in [3.05, 3.63) is 53.9 Å². The van der Waals surface area contributed by atoms with E-state index in [1.807, 2.05) is 36.6 Å². The van der Waals surface area contributed by atoms with Gasteiger partial charge in [0, 0.05) is 17.6 Å². The Morgan fingerprint density at radius 2 is 2.25 bits per heavy atom. The number of hydrogen-bond donors (Lipinski definition) is 1. The molecule has 0 saturated heterocycles. The fraction of sp³-hybridized carbons (Fsp3) is 0.0714. The first kappa shape index (κ1) is 12.6. The van der Waals surface area contributed by atoms with Crippen LogP contribution in [-0.2, 0) is 0 Å². The van der Waals surface area contributed by atoms with Crippen molar-refractivity contribution >= 4 is 22.2 Å². The van der Waals surface area contributed by atoms with Crippen LogP contribution in [-0.4, -0.2) is 15.1 Å². The van der Waals surface area contributed by atoms with Crippen LogP contribution in [0, 0.1) is 6.92 Å². The minimum absolute atomic E-state index is 0.656. The molecule has 0 atom stereocenters. The summed E-state index contributed by atoms with van der Waals surface area (Å²) in [5.74, 6) is 0.747. The van der Waals surface area contributed by atoms with Crippen molar-refractivity contribution < 1.29 is 4.52 Å². The molecule has 0 unspecified atom stereocenters. The summed E-state index contributed by atoms with van der Waals surface area (Å²) < 4.78 is 5.02. The van der Waals surface area contributed by atoms with E-state index >= 15 is 0 Å². The summed E-state index contributed by atoms with van der Waals surface area (Å²) in [4.78, 5) is 8.75. The molecular weight excluding hydrogens is 272 g/mol. The molecule has 20 heavy (non-hydrogen) atoms. The van der Waals surface area contributed by atoms with Crippen molar-refractivity contribution in [3.8, 4) is 11.4 Å². The van der Waals surface area contributed by atoms with E-state index in [1.54, 1.807) is 6.20 Å². The van der Waals surface area contributed by atoms with E-state index in [4.69, 9.17) is 4.52 Å². The Morgan fingerprint density at radius 1 is 1.35 bits per heavy atom. The Kier molecular flexibility index (Phi) is 3.30. The highest BCUT2D eigenvalue weighted by Gasteiger charge is 2.09. The fourth-order valence-electron chi connectivity index (χ4n) is 1.66. The maximum atomic E-state index is 5.02. The van der Waals surface area contributed by atoms with Gasteiger partial charge in [0.2, 0.25) is 0 Å². The van der Waals surface area contributed by atoms with Crippen molar-refractivity contribution in [3.63, 3.8) is 0 Å². The third kappa shape index (κ3) is 2.60. The van der Waals surface area contributed by atoms with Crippen LogP contribution in [0.1, 0.15) is 11.5 Å². The fourth-order valence-corrected chi connectivity index (χ4v) is 2.39. The van der Waals surface area contributed by atoms with E-state index in [0.717, 1.165) is 22.3 Å². The van der Waals surface area contributed by atoms with Crippen LogP contribution in [0.2, 0.25) is 0 Å². The van der Waals surface area contributed by atoms with Gasteiger partial charge in [0.05, 0.1) is 11.4 Å². The molecule has 3 heterocycles. The molecule has 0 aliphatic heterocycles. The van der Waals surface area contributed by atoms with E-state index in [0.29, 0.717) is 11.4 Å². The predicted octanol–water partition coefficient (Wildman–Crippen LogP) is 3.58. The summed E-state index contributed by atoms with van der Waals surface area (Å²) in [6, 6.07) is 7.56. The number of thiazole rings is 1. The van der Waals surface area contributed by atoms with Gasteiger partial charge in [-0.3, -0.25) is 4.98 Å². The first-order valence-electron chi connectivity index (χ1n) is 5.99. The highest BCUT2D eigenvalue weighted by atomic mass is 32.1. The van der Waals surface area contributed by atoms with Crippen LogP contribution in [0.15, 0.2) is 46.9 Å². The largest absolute Gasteiger partial charge is 0.361 e. The molecule has 0 amide bonds. The molecule has 0 aliphatic carbocycles. The predicted molar refractivity (Wildman–Crippen MR) is 79.2 cm³/mol. The molecule has 1 N–H and O–H groups in total. The number of rotatable bonds is 4.